The molecule has 2 aromatic heterocycles. The van der Waals surface area contributed by atoms with Crippen molar-refractivity contribution in [1.82, 2.24) is 9.38 Å². The van der Waals surface area contributed by atoms with E-state index in [0.717, 1.165) is 5.56 Å². The van der Waals surface area contributed by atoms with Crippen molar-refractivity contribution in [3.8, 4) is 11.5 Å². The fourth-order valence-corrected chi connectivity index (χ4v) is 3.02. The molecule has 28 heavy (non-hydrogen) atoms. The Morgan fingerprint density at radius 1 is 1.18 bits per heavy atom. The first-order valence-electron chi connectivity index (χ1n) is 8.67. The predicted molar refractivity (Wildman–Crippen MR) is 104 cm³/mol. The molecule has 1 aromatic carbocycles. The van der Waals surface area contributed by atoms with Gasteiger partial charge in [-0.2, -0.15) is 0 Å². The number of carbonyl (C=O) groups excluding carboxylic acids is 1. The molecule has 0 radical (unpaired) electrons. The van der Waals surface area contributed by atoms with Gasteiger partial charge in [-0.05, 0) is 31.0 Å². The van der Waals surface area contributed by atoms with Gasteiger partial charge < -0.3 is 19.9 Å². The lowest BCUT2D eigenvalue weighted by molar-refractivity contribution is 0.0697. The van der Waals surface area contributed by atoms with Crippen LogP contribution in [0.1, 0.15) is 39.0 Å². The summed E-state index contributed by atoms with van der Waals surface area (Å²) < 4.78 is 12.1. The quantitative estimate of drug-likeness (QED) is 0.678. The second-order valence-corrected chi connectivity index (χ2v) is 6.21. The lowest BCUT2D eigenvalue weighted by atomic mass is 10.1. The van der Waals surface area contributed by atoms with Gasteiger partial charge in [0, 0.05) is 18.3 Å². The number of imidazole rings is 1. The number of hydrogen-bond acceptors (Lipinski definition) is 5. The minimum absolute atomic E-state index is 0.103. The summed E-state index contributed by atoms with van der Waals surface area (Å²) in [4.78, 5) is 29.2. The maximum atomic E-state index is 13.0. The molecule has 0 unspecified atom stereocenters. The molecule has 8 nitrogen and oxygen atoms in total. The minimum Gasteiger partial charge on any atom is -0.493 e. The Hall–Kier alpha value is -3.55. The van der Waals surface area contributed by atoms with Crippen LogP contribution in [-0.4, -0.2) is 40.6 Å². The van der Waals surface area contributed by atoms with E-state index in [4.69, 9.17) is 9.47 Å². The van der Waals surface area contributed by atoms with Gasteiger partial charge in [0.15, 0.2) is 11.5 Å². The number of carboxylic acids is 1. The van der Waals surface area contributed by atoms with Crippen LogP contribution in [0, 0.1) is 6.92 Å². The van der Waals surface area contributed by atoms with E-state index in [2.05, 4.69) is 10.3 Å². The van der Waals surface area contributed by atoms with Crippen LogP contribution in [0.3, 0.4) is 0 Å². The van der Waals surface area contributed by atoms with E-state index in [1.54, 1.807) is 10.6 Å². The fourth-order valence-electron chi connectivity index (χ4n) is 3.02. The number of nitrogens with one attached hydrogen (secondary N) is 1. The molecule has 0 atom stereocenters. The number of benzene rings is 1. The number of ether oxygens (including phenoxy) is 2. The summed E-state index contributed by atoms with van der Waals surface area (Å²) in [5.74, 6) is -1.08. The van der Waals surface area contributed by atoms with Gasteiger partial charge in [0.25, 0.3) is 5.91 Å². The SMILES string of the molecule is CCc1nc2cc(C)ccn2c1C(=O)Nc1cc(OC)c(OC)cc1C(=O)O. The Kier molecular flexibility index (Phi) is 5.21. The zero-order valence-corrected chi connectivity index (χ0v) is 16.1. The van der Waals surface area contributed by atoms with E-state index in [0.29, 0.717) is 29.2 Å². The number of fused-ring (bicyclic) bond motifs is 1. The molecule has 0 saturated carbocycles. The lowest BCUT2D eigenvalue weighted by Crippen LogP contribution is -2.18. The third-order valence-electron chi connectivity index (χ3n) is 4.41. The molecule has 3 rings (SSSR count). The van der Waals surface area contributed by atoms with Gasteiger partial charge in [-0.15, -0.1) is 0 Å². The number of hydrogen-bond donors (Lipinski definition) is 2. The normalized spacial score (nSPS) is 10.7. The Morgan fingerprint density at radius 3 is 2.46 bits per heavy atom. The van der Waals surface area contributed by atoms with Crippen molar-refractivity contribution in [1.29, 1.82) is 0 Å². The molecule has 0 bridgehead atoms. The lowest BCUT2D eigenvalue weighted by Gasteiger charge is -2.14. The molecule has 146 valence electrons. The third-order valence-corrected chi connectivity index (χ3v) is 4.41. The van der Waals surface area contributed by atoms with Gasteiger partial charge in [-0.3, -0.25) is 9.20 Å². The number of nitrogens with zero attached hydrogens (tertiary/aromatic N) is 2. The monoisotopic (exact) mass is 383 g/mol. The van der Waals surface area contributed by atoms with Crippen molar-refractivity contribution in [3.63, 3.8) is 0 Å². The van der Waals surface area contributed by atoms with Crippen LogP contribution in [0.2, 0.25) is 0 Å². The molecule has 0 aliphatic carbocycles. The number of pyridine rings is 1. The molecule has 0 saturated heterocycles. The second kappa shape index (κ2) is 7.59. The van der Waals surface area contributed by atoms with Crippen LogP contribution in [0.15, 0.2) is 30.5 Å². The highest BCUT2D eigenvalue weighted by atomic mass is 16.5. The Balaban J connectivity index is 2.08. The smallest absolute Gasteiger partial charge is 0.337 e. The maximum absolute atomic E-state index is 13.0. The highest BCUT2D eigenvalue weighted by Gasteiger charge is 2.22. The number of amides is 1. The van der Waals surface area contributed by atoms with Crippen LogP contribution >= 0.6 is 0 Å². The summed E-state index contributed by atoms with van der Waals surface area (Å²) in [5.41, 5.74) is 2.69. The van der Waals surface area contributed by atoms with Crippen LogP contribution in [-0.2, 0) is 6.42 Å². The van der Waals surface area contributed by atoms with Crippen LogP contribution in [0.25, 0.3) is 5.65 Å². The number of anilines is 1. The highest BCUT2D eigenvalue weighted by Crippen LogP contribution is 2.33. The predicted octanol–water partition coefficient (Wildman–Crippen LogP) is 3.17. The standard InChI is InChI=1S/C20H21N3O5/c1-5-13-18(23-7-6-11(2)8-17(23)21-13)19(24)22-14-10-16(28-4)15(27-3)9-12(14)20(25)26/h6-10H,5H2,1-4H3,(H,22,24)(H,25,26). The Bertz CT molecular complexity index is 1070. The molecule has 0 aliphatic heterocycles. The summed E-state index contributed by atoms with van der Waals surface area (Å²) in [6.45, 7) is 3.85. The van der Waals surface area contributed by atoms with Gasteiger partial charge in [-0.25, -0.2) is 9.78 Å². The van der Waals surface area contributed by atoms with E-state index in [1.165, 1.54) is 26.4 Å². The van der Waals surface area contributed by atoms with Crippen molar-refractivity contribution < 1.29 is 24.2 Å². The van der Waals surface area contributed by atoms with Gasteiger partial charge in [0.1, 0.15) is 11.3 Å². The number of aromatic carboxylic acids is 1. The number of aromatic nitrogens is 2. The van der Waals surface area contributed by atoms with Crippen molar-refractivity contribution >= 4 is 23.2 Å². The average Bonchev–Trinajstić information content (AvgIpc) is 3.04. The molecule has 1 amide bonds. The zero-order chi connectivity index (χ0) is 20.4. The van der Waals surface area contributed by atoms with Gasteiger partial charge >= 0.3 is 5.97 Å². The molecule has 0 fully saturated rings. The van der Waals surface area contributed by atoms with Gasteiger partial charge in [-0.1, -0.05) is 6.92 Å². The van der Waals surface area contributed by atoms with Gasteiger partial charge in [0.05, 0.1) is 31.2 Å². The number of rotatable bonds is 6. The number of carboxylic acid groups (broad SMARTS) is 1. The highest BCUT2D eigenvalue weighted by molar-refractivity contribution is 6.08. The van der Waals surface area contributed by atoms with E-state index in [-0.39, 0.29) is 17.0 Å². The number of methoxy groups -OCH3 is 2. The molecule has 0 aliphatic rings. The number of carbonyl (C=O) groups is 2. The molecular formula is C20H21N3O5. The molecule has 2 heterocycles. The van der Waals surface area contributed by atoms with E-state index >= 15 is 0 Å². The second-order valence-electron chi connectivity index (χ2n) is 6.21. The summed E-state index contributed by atoms with van der Waals surface area (Å²) in [6.07, 6.45) is 2.33. The largest absolute Gasteiger partial charge is 0.493 e. The first-order valence-corrected chi connectivity index (χ1v) is 8.67. The topological polar surface area (TPSA) is 102 Å². The van der Waals surface area contributed by atoms with Crippen molar-refractivity contribution in [2.75, 3.05) is 19.5 Å². The molecule has 2 N–H and O–H groups in total. The van der Waals surface area contributed by atoms with Crippen molar-refractivity contribution in [3.05, 3.63) is 53.0 Å². The summed E-state index contributed by atoms with van der Waals surface area (Å²) in [6, 6.07) is 6.51. The molecule has 0 spiro atoms. The summed E-state index contributed by atoms with van der Waals surface area (Å²) >= 11 is 0. The van der Waals surface area contributed by atoms with Crippen LogP contribution in [0.4, 0.5) is 5.69 Å². The summed E-state index contributed by atoms with van der Waals surface area (Å²) in [7, 11) is 2.85. The van der Waals surface area contributed by atoms with E-state index < -0.39 is 11.9 Å². The maximum Gasteiger partial charge on any atom is 0.337 e. The Labute approximate surface area is 161 Å². The molecule has 3 aromatic rings. The van der Waals surface area contributed by atoms with Crippen molar-refractivity contribution in [2.24, 2.45) is 0 Å². The minimum atomic E-state index is -1.19. The third kappa shape index (κ3) is 3.36. The van der Waals surface area contributed by atoms with Crippen molar-refractivity contribution in [2.45, 2.75) is 20.3 Å². The first-order chi connectivity index (χ1) is 13.4. The molecular weight excluding hydrogens is 362 g/mol. The van der Waals surface area contributed by atoms with Crippen LogP contribution < -0.4 is 14.8 Å². The van der Waals surface area contributed by atoms with Crippen LogP contribution in [0.5, 0.6) is 11.5 Å². The summed E-state index contributed by atoms with van der Waals surface area (Å²) in [5, 5.41) is 12.2. The zero-order valence-electron chi connectivity index (χ0n) is 16.1. The van der Waals surface area contributed by atoms with E-state index in [9.17, 15) is 14.7 Å². The average molecular weight is 383 g/mol. The van der Waals surface area contributed by atoms with Gasteiger partial charge in [0.2, 0.25) is 0 Å². The van der Waals surface area contributed by atoms with E-state index in [1.807, 2.05) is 26.0 Å². The molecule has 8 heteroatoms. The Morgan fingerprint density at radius 2 is 1.86 bits per heavy atom. The number of aryl methyl sites for hydroxylation is 2. The first kappa shape index (κ1) is 19.2. The fraction of sp³-hybridized carbons (Fsp3) is 0.250.